The largest absolute Gasteiger partial charge is 0.506 e. The van der Waals surface area contributed by atoms with Gasteiger partial charge in [0.05, 0.1) is 12.1 Å². The quantitative estimate of drug-likeness (QED) is 0.713. The van der Waals surface area contributed by atoms with E-state index in [4.69, 9.17) is 11.6 Å². The summed E-state index contributed by atoms with van der Waals surface area (Å²) in [5.41, 5.74) is -0.399. The van der Waals surface area contributed by atoms with Gasteiger partial charge in [-0.05, 0) is 12.1 Å². The van der Waals surface area contributed by atoms with Crippen LogP contribution < -0.4 is 5.32 Å². The number of nitrogens with one attached hydrogen (secondary N) is 1. The molecule has 4 nitrogen and oxygen atoms in total. The van der Waals surface area contributed by atoms with Crippen molar-refractivity contribution < 1.29 is 19.0 Å². The van der Waals surface area contributed by atoms with Crippen molar-refractivity contribution in [3.63, 3.8) is 0 Å². The fourth-order valence-electron chi connectivity index (χ4n) is 0.812. The topological polar surface area (TPSA) is 58.6 Å². The number of aromatic hydroxyl groups is 1. The van der Waals surface area contributed by atoms with Crippen molar-refractivity contribution in [1.29, 1.82) is 0 Å². The average molecular weight is 220 g/mol. The molecule has 0 unspecified atom stereocenters. The molecule has 0 fully saturated rings. The third-order valence-electron chi connectivity index (χ3n) is 1.49. The Labute approximate surface area is 84.2 Å². The van der Waals surface area contributed by atoms with Crippen molar-refractivity contribution in [2.24, 2.45) is 0 Å². The zero-order chi connectivity index (χ0) is 10.7. The second-order valence-corrected chi connectivity index (χ2v) is 2.78. The van der Waals surface area contributed by atoms with Crippen LogP contribution in [0, 0.1) is 5.82 Å². The van der Waals surface area contributed by atoms with Crippen molar-refractivity contribution >= 4 is 23.4 Å². The van der Waals surface area contributed by atoms with E-state index in [0.717, 1.165) is 13.2 Å². The van der Waals surface area contributed by atoms with Crippen LogP contribution in [0.5, 0.6) is 5.75 Å². The molecule has 0 heterocycles. The first-order valence-corrected chi connectivity index (χ1v) is 3.96. The Bertz CT molecular complexity index is 370. The summed E-state index contributed by atoms with van der Waals surface area (Å²) in [6, 6.07) is 2.34. The highest BCUT2D eigenvalue weighted by Gasteiger charge is 2.14. The molecule has 0 aromatic heterocycles. The number of hydrogen-bond acceptors (Lipinski definition) is 3. The standard InChI is InChI=1S/C8H7ClFNO3/c1-14-8(13)11-7-5(12)3-2-4(9)6(7)10/h2-3,12H,1H3,(H,11,13). The van der Waals surface area contributed by atoms with Gasteiger partial charge < -0.3 is 9.84 Å². The zero-order valence-corrected chi connectivity index (χ0v) is 7.93. The van der Waals surface area contributed by atoms with Gasteiger partial charge in [0.2, 0.25) is 0 Å². The van der Waals surface area contributed by atoms with Gasteiger partial charge >= 0.3 is 6.09 Å². The Morgan fingerprint density at radius 2 is 2.29 bits per heavy atom. The van der Waals surface area contributed by atoms with E-state index in [9.17, 15) is 14.3 Å². The molecule has 6 heteroatoms. The fraction of sp³-hybridized carbons (Fsp3) is 0.125. The lowest BCUT2D eigenvalue weighted by Crippen LogP contribution is -2.12. The Hall–Kier alpha value is -1.49. The Kier molecular flexibility index (Phi) is 3.14. The van der Waals surface area contributed by atoms with Gasteiger partial charge in [-0.15, -0.1) is 0 Å². The van der Waals surface area contributed by atoms with Gasteiger partial charge in [0.25, 0.3) is 0 Å². The zero-order valence-electron chi connectivity index (χ0n) is 7.17. The molecular formula is C8H7ClFNO3. The first-order chi connectivity index (χ1) is 6.56. The van der Waals surface area contributed by atoms with Crippen molar-refractivity contribution in [1.82, 2.24) is 0 Å². The summed E-state index contributed by atoms with van der Waals surface area (Å²) in [4.78, 5) is 10.7. The minimum Gasteiger partial charge on any atom is -0.506 e. The van der Waals surface area contributed by atoms with E-state index in [1.165, 1.54) is 6.07 Å². The van der Waals surface area contributed by atoms with Gasteiger partial charge in [-0.3, -0.25) is 5.32 Å². The molecule has 0 saturated carbocycles. The van der Waals surface area contributed by atoms with Crippen LogP contribution in [0.4, 0.5) is 14.9 Å². The van der Waals surface area contributed by atoms with Crippen molar-refractivity contribution in [2.75, 3.05) is 12.4 Å². The Morgan fingerprint density at radius 3 is 2.86 bits per heavy atom. The monoisotopic (exact) mass is 219 g/mol. The molecule has 0 saturated heterocycles. The molecule has 0 aliphatic carbocycles. The number of halogens is 2. The van der Waals surface area contributed by atoms with Crippen LogP contribution in [0.1, 0.15) is 0 Å². The van der Waals surface area contributed by atoms with Crippen molar-refractivity contribution in [3.8, 4) is 5.75 Å². The van der Waals surface area contributed by atoms with Crippen LogP contribution in [-0.4, -0.2) is 18.3 Å². The number of carbonyl (C=O) groups excluding carboxylic acids is 1. The number of phenols is 1. The second kappa shape index (κ2) is 4.15. The number of anilines is 1. The maximum absolute atomic E-state index is 13.2. The number of hydrogen-bond donors (Lipinski definition) is 2. The van der Waals surface area contributed by atoms with Crippen molar-refractivity contribution in [3.05, 3.63) is 23.0 Å². The normalized spacial score (nSPS) is 9.64. The Balaban J connectivity index is 3.06. The Morgan fingerprint density at radius 1 is 1.64 bits per heavy atom. The molecule has 2 N–H and O–H groups in total. The number of carbonyl (C=O) groups is 1. The predicted molar refractivity (Wildman–Crippen MR) is 49.1 cm³/mol. The number of methoxy groups -OCH3 is 1. The third-order valence-corrected chi connectivity index (χ3v) is 1.78. The maximum atomic E-state index is 13.2. The van der Waals surface area contributed by atoms with Crippen LogP contribution in [0.15, 0.2) is 12.1 Å². The van der Waals surface area contributed by atoms with Gasteiger partial charge in [0.15, 0.2) is 5.82 Å². The van der Waals surface area contributed by atoms with Crippen LogP contribution >= 0.6 is 11.6 Å². The molecular weight excluding hydrogens is 213 g/mol. The molecule has 0 atom stereocenters. The van der Waals surface area contributed by atoms with E-state index in [1.807, 2.05) is 5.32 Å². The molecule has 1 aromatic carbocycles. The summed E-state index contributed by atoms with van der Waals surface area (Å²) in [6.07, 6.45) is -0.888. The van der Waals surface area contributed by atoms with Gasteiger partial charge in [-0.25, -0.2) is 9.18 Å². The average Bonchev–Trinajstić information content (AvgIpc) is 2.18. The molecule has 1 aromatic rings. The van der Waals surface area contributed by atoms with Gasteiger partial charge in [-0.2, -0.15) is 0 Å². The van der Waals surface area contributed by atoms with E-state index in [0.29, 0.717) is 0 Å². The summed E-state index contributed by atoms with van der Waals surface area (Å²) < 4.78 is 17.4. The van der Waals surface area contributed by atoms with Crippen LogP contribution in [0.3, 0.4) is 0 Å². The first kappa shape index (κ1) is 10.6. The van der Waals surface area contributed by atoms with Gasteiger partial charge in [0.1, 0.15) is 11.4 Å². The predicted octanol–water partition coefficient (Wildman–Crippen LogP) is 2.36. The summed E-state index contributed by atoms with van der Waals surface area (Å²) in [6.45, 7) is 0. The fourth-order valence-corrected chi connectivity index (χ4v) is 0.970. The van der Waals surface area contributed by atoms with E-state index >= 15 is 0 Å². The number of benzene rings is 1. The second-order valence-electron chi connectivity index (χ2n) is 2.37. The lowest BCUT2D eigenvalue weighted by Gasteiger charge is -2.07. The van der Waals surface area contributed by atoms with E-state index in [1.54, 1.807) is 0 Å². The van der Waals surface area contributed by atoms with Crippen molar-refractivity contribution in [2.45, 2.75) is 0 Å². The van der Waals surface area contributed by atoms with E-state index in [-0.39, 0.29) is 5.02 Å². The smallest absolute Gasteiger partial charge is 0.411 e. The summed E-state index contributed by atoms with van der Waals surface area (Å²) in [5.74, 6) is -1.32. The molecule has 1 rings (SSSR count). The molecule has 0 aliphatic rings. The number of rotatable bonds is 1. The molecule has 0 aliphatic heterocycles. The number of phenolic OH excluding ortho intramolecular Hbond substituents is 1. The molecule has 0 spiro atoms. The lowest BCUT2D eigenvalue weighted by atomic mass is 10.3. The van der Waals surface area contributed by atoms with Crippen LogP contribution in [0.25, 0.3) is 0 Å². The maximum Gasteiger partial charge on any atom is 0.411 e. The highest BCUT2D eigenvalue weighted by molar-refractivity contribution is 6.31. The lowest BCUT2D eigenvalue weighted by molar-refractivity contribution is 0.186. The number of ether oxygens (including phenoxy) is 1. The number of amides is 1. The van der Waals surface area contributed by atoms with Crippen LogP contribution in [0.2, 0.25) is 5.02 Å². The summed E-state index contributed by atoms with van der Waals surface area (Å²) in [5, 5.41) is 11.0. The van der Waals surface area contributed by atoms with Gasteiger partial charge in [0, 0.05) is 0 Å². The minimum atomic E-state index is -0.905. The minimum absolute atomic E-state index is 0.200. The molecule has 76 valence electrons. The molecule has 14 heavy (non-hydrogen) atoms. The summed E-state index contributed by atoms with van der Waals surface area (Å²) in [7, 11) is 1.12. The first-order valence-electron chi connectivity index (χ1n) is 3.58. The third kappa shape index (κ3) is 2.05. The van der Waals surface area contributed by atoms with Crippen LogP contribution in [-0.2, 0) is 4.74 Å². The van der Waals surface area contributed by atoms with E-state index < -0.39 is 23.3 Å². The summed E-state index contributed by atoms with van der Waals surface area (Å²) >= 11 is 5.43. The SMILES string of the molecule is COC(=O)Nc1c(O)ccc(Cl)c1F. The highest BCUT2D eigenvalue weighted by atomic mass is 35.5. The molecule has 0 radical (unpaired) electrons. The van der Waals surface area contributed by atoms with Gasteiger partial charge in [-0.1, -0.05) is 11.6 Å². The highest BCUT2D eigenvalue weighted by Crippen LogP contribution is 2.31. The molecule has 0 bridgehead atoms. The molecule has 1 amide bonds. The van der Waals surface area contributed by atoms with E-state index in [2.05, 4.69) is 4.74 Å².